The lowest BCUT2D eigenvalue weighted by Gasteiger charge is -2.30. The maximum Gasteiger partial charge on any atom is 0.407 e. The summed E-state index contributed by atoms with van der Waals surface area (Å²) < 4.78 is 6.42. The second-order valence-electron chi connectivity index (χ2n) is 16.1. The van der Waals surface area contributed by atoms with Crippen molar-refractivity contribution >= 4 is 51.3 Å². The fourth-order valence-electron chi connectivity index (χ4n) is 8.65. The molecular weight excluding hydrogens is 757 g/mol. The number of aromatic amines is 3. The molecule has 59 heavy (non-hydrogen) atoms. The van der Waals surface area contributed by atoms with E-state index in [1.54, 1.807) is 26.6 Å². The fourth-order valence-corrected chi connectivity index (χ4v) is 8.65. The van der Waals surface area contributed by atoms with Crippen molar-refractivity contribution in [2.24, 2.45) is 11.8 Å². The minimum atomic E-state index is -1.23. The maximum atomic E-state index is 13.7. The largest absolute Gasteiger partial charge is 0.465 e. The van der Waals surface area contributed by atoms with Crippen LogP contribution in [0.1, 0.15) is 77.1 Å². The first-order chi connectivity index (χ1) is 28.3. The van der Waals surface area contributed by atoms with Crippen molar-refractivity contribution in [2.75, 3.05) is 20.2 Å². The molecule has 6 N–H and O–H groups in total. The number of rotatable bonds is 10. The van der Waals surface area contributed by atoms with Gasteiger partial charge in [0.25, 0.3) is 0 Å². The highest BCUT2D eigenvalue weighted by molar-refractivity contribution is 6.02. The number of nitrogens with one attached hydrogen (secondary N) is 5. The molecule has 308 valence electrons. The molecule has 0 saturated carbocycles. The highest BCUT2D eigenvalue weighted by Crippen LogP contribution is 2.36. The second kappa shape index (κ2) is 15.6. The van der Waals surface area contributed by atoms with Crippen molar-refractivity contribution in [3.05, 3.63) is 77.0 Å². The number of methoxy groups -OCH3 is 1. The molecule has 6 aromatic rings. The van der Waals surface area contributed by atoms with E-state index in [1.165, 1.54) is 7.11 Å². The third-order valence-corrected chi connectivity index (χ3v) is 11.7. The summed E-state index contributed by atoms with van der Waals surface area (Å²) in [5.41, 5.74) is 5.01. The van der Waals surface area contributed by atoms with Crippen LogP contribution in [0, 0.1) is 11.8 Å². The Morgan fingerprint density at radius 2 is 1.32 bits per heavy atom. The number of hydrogen-bond acceptors (Lipinski definition) is 8. The quantitative estimate of drug-likeness (QED) is 0.0996. The zero-order valence-corrected chi connectivity index (χ0v) is 33.5. The van der Waals surface area contributed by atoms with Crippen molar-refractivity contribution in [2.45, 2.75) is 77.5 Å². The van der Waals surface area contributed by atoms with Gasteiger partial charge >= 0.3 is 17.9 Å². The molecule has 0 spiro atoms. The van der Waals surface area contributed by atoms with Crippen LogP contribution >= 0.6 is 0 Å². The summed E-state index contributed by atoms with van der Waals surface area (Å²) >= 11 is 0. The van der Waals surface area contributed by atoms with Gasteiger partial charge in [-0.05, 0) is 61.8 Å². The fraction of sp³-hybridized carbons (Fsp3) is 0.405. The van der Waals surface area contributed by atoms with E-state index in [0.29, 0.717) is 36.7 Å². The van der Waals surface area contributed by atoms with Gasteiger partial charge in [0, 0.05) is 35.0 Å². The molecule has 2 saturated heterocycles. The molecule has 2 aliphatic heterocycles. The summed E-state index contributed by atoms with van der Waals surface area (Å²) in [5.74, 6) is 0.474. The molecule has 0 aliphatic carbocycles. The third-order valence-electron chi connectivity index (χ3n) is 11.7. The van der Waals surface area contributed by atoms with Gasteiger partial charge < -0.3 is 45.2 Å². The maximum absolute atomic E-state index is 13.7. The van der Waals surface area contributed by atoms with Crippen LogP contribution in [0.5, 0.6) is 0 Å². The van der Waals surface area contributed by atoms with Gasteiger partial charge in [-0.25, -0.2) is 24.4 Å². The molecule has 4 atom stereocenters. The molecule has 4 amide bonds. The SMILES string of the molecule is COC(=O)NC(C(=O)N1CCC[C@H]1c1ncc(-c2ccc3c(c2)[nH]c(=O)n2c4ccc(-c5cnc([C@@H]6CCCN6C(=O)C(NC(=O)O)C(C)C)[nH]5)cc4cc32)[nH]1)C(C)C. The van der Waals surface area contributed by atoms with Crippen molar-refractivity contribution < 1.29 is 29.0 Å². The monoisotopic (exact) mass is 804 g/mol. The predicted octanol–water partition coefficient (Wildman–Crippen LogP) is 5.71. The van der Waals surface area contributed by atoms with Gasteiger partial charge in [0.1, 0.15) is 23.7 Å². The average Bonchev–Trinajstić information content (AvgIpc) is 4.06. The molecule has 0 radical (unpaired) electrons. The standard InChI is InChI=1S/C42H48N10O7/c1-21(2)34(48-41(56)57)38(53)50-14-6-8-31(50)36-43-19-28(45-36)23-11-13-30-25(16-23)18-33-26-12-10-24(17-27(26)47-40(55)52(30)33)29-20-44-37(46-29)32-9-7-15-51(32)39(54)35(22(3)4)49-42(58)59-5/h10-13,16-22,31-32,34-35,48H,6-9,14-15H2,1-5H3,(H,43,45)(H,44,46)(H,47,55)(H,49,58)(H,56,57)/t31-,32-,34?,35?/m0/s1. The van der Waals surface area contributed by atoms with Crippen LogP contribution in [0.15, 0.2) is 59.7 Å². The molecule has 17 nitrogen and oxygen atoms in total. The number of imidazole rings is 2. The first kappa shape index (κ1) is 39.2. The minimum Gasteiger partial charge on any atom is -0.465 e. The molecule has 4 aromatic heterocycles. The van der Waals surface area contributed by atoms with Gasteiger partial charge in [-0.3, -0.25) is 14.0 Å². The van der Waals surface area contributed by atoms with Crippen LogP contribution in [0.4, 0.5) is 9.59 Å². The van der Waals surface area contributed by atoms with Crippen LogP contribution in [-0.4, -0.2) is 101 Å². The number of nitrogens with zero attached hydrogens (tertiary/aromatic N) is 5. The zero-order chi connectivity index (χ0) is 41.7. The zero-order valence-electron chi connectivity index (χ0n) is 33.5. The second-order valence-corrected chi connectivity index (χ2v) is 16.1. The molecule has 2 fully saturated rings. The van der Waals surface area contributed by atoms with E-state index < -0.39 is 24.3 Å². The molecule has 2 aliphatic rings. The number of ether oxygens (including phenoxy) is 1. The molecule has 2 unspecified atom stereocenters. The minimum absolute atomic E-state index is 0.144. The lowest BCUT2D eigenvalue weighted by molar-refractivity contribution is -0.136. The lowest BCUT2D eigenvalue weighted by atomic mass is 10.0. The summed E-state index contributed by atoms with van der Waals surface area (Å²) in [4.78, 5) is 86.9. The highest BCUT2D eigenvalue weighted by atomic mass is 16.5. The van der Waals surface area contributed by atoms with Gasteiger partial charge in [0.05, 0.1) is 59.5 Å². The normalized spacial score (nSPS) is 18.0. The van der Waals surface area contributed by atoms with E-state index in [2.05, 4.69) is 35.6 Å². The Bertz CT molecular complexity index is 2660. The number of carboxylic acid groups (broad SMARTS) is 1. The molecular formula is C42H48N10O7. The van der Waals surface area contributed by atoms with Crippen LogP contribution in [0.3, 0.4) is 0 Å². The van der Waals surface area contributed by atoms with Gasteiger partial charge in [-0.2, -0.15) is 0 Å². The van der Waals surface area contributed by atoms with E-state index in [9.17, 15) is 29.1 Å². The number of alkyl carbamates (subject to hydrolysis) is 1. The summed E-state index contributed by atoms with van der Waals surface area (Å²) in [7, 11) is 1.27. The number of fused-ring (bicyclic) bond motifs is 5. The van der Waals surface area contributed by atoms with E-state index >= 15 is 0 Å². The Labute approximate surface area is 338 Å². The van der Waals surface area contributed by atoms with Gasteiger partial charge in [0.15, 0.2) is 0 Å². The van der Waals surface area contributed by atoms with Gasteiger partial charge in [-0.1, -0.05) is 45.9 Å². The highest BCUT2D eigenvalue weighted by Gasteiger charge is 2.39. The Morgan fingerprint density at radius 3 is 1.88 bits per heavy atom. The van der Waals surface area contributed by atoms with E-state index in [4.69, 9.17) is 4.74 Å². The van der Waals surface area contributed by atoms with Gasteiger partial charge in [0.2, 0.25) is 11.8 Å². The Hall–Kier alpha value is -6.65. The molecule has 2 aromatic carbocycles. The number of hydrogen-bond donors (Lipinski definition) is 6. The van der Waals surface area contributed by atoms with Crippen LogP contribution < -0.4 is 16.3 Å². The summed E-state index contributed by atoms with van der Waals surface area (Å²) in [5, 5.41) is 16.1. The molecule has 0 bridgehead atoms. The number of benzene rings is 2. The summed E-state index contributed by atoms with van der Waals surface area (Å²) in [6.45, 7) is 8.45. The topological polar surface area (TPSA) is 223 Å². The van der Waals surface area contributed by atoms with E-state index in [-0.39, 0.29) is 41.4 Å². The van der Waals surface area contributed by atoms with Crippen LogP contribution in [0.2, 0.25) is 0 Å². The first-order valence-electron chi connectivity index (χ1n) is 20.0. The Balaban J connectivity index is 1.04. The Kier molecular flexibility index (Phi) is 10.4. The van der Waals surface area contributed by atoms with Crippen molar-refractivity contribution in [1.29, 1.82) is 0 Å². The number of carbonyl (C=O) groups excluding carboxylic acids is 3. The summed E-state index contributed by atoms with van der Waals surface area (Å²) in [6, 6.07) is 11.5. The number of aromatic nitrogens is 6. The van der Waals surface area contributed by atoms with Crippen molar-refractivity contribution in [3.8, 4) is 22.5 Å². The first-order valence-corrected chi connectivity index (χ1v) is 20.0. The number of likely N-dealkylation sites (tertiary alicyclic amines) is 2. The van der Waals surface area contributed by atoms with Crippen LogP contribution in [-0.2, 0) is 14.3 Å². The molecule has 8 rings (SSSR count). The number of amides is 4. The van der Waals surface area contributed by atoms with Crippen molar-refractivity contribution in [1.82, 2.24) is 49.8 Å². The molecule has 6 heterocycles. The predicted molar refractivity (Wildman–Crippen MR) is 220 cm³/mol. The van der Waals surface area contributed by atoms with Crippen molar-refractivity contribution in [3.63, 3.8) is 0 Å². The Morgan fingerprint density at radius 1 is 0.763 bits per heavy atom. The smallest absolute Gasteiger partial charge is 0.407 e. The van der Waals surface area contributed by atoms with Gasteiger partial charge in [-0.15, -0.1) is 0 Å². The third kappa shape index (κ3) is 7.25. The summed E-state index contributed by atoms with van der Waals surface area (Å²) in [6.07, 6.45) is 4.59. The van der Waals surface area contributed by atoms with E-state index in [0.717, 1.165) is 63.6 Å². The average molecular weight is 805 g/mol. The molecule has 17 heteroatoms. The number of carbonyl (C=O) groups is 4. The lowest BCUT2D eigenvalue weighted by Crippen LogP contribution is -2.51. The van der Waals surface area contributed by atoms with Crippen LogP contribution in [0.25, 0.3) is 49.8 Å². The van der Waals surface area contributed by atoms with E-state index in [1.807, 2.05) is 70.2 Å². The number of H-pyrrole nitrogens is 3.